The largest absolute Gasteiger partial charge is 0.336 e. The highest BCUT2D eigenvalue weighted by Gasteiger charge is 2.53. The van der Waals surface area contributed by atoms with Gasteiger partial charge in [-0.25, -0.2) is 0 Å². The van der Waals surface area contributed by atoms with Crippen LogP contribution in [-0.4, -0.2) is 45.2 Å². The van der Waals surface area contributed by atoms with Gasteiger partial charge in [-0.3, -0.25) is 19.1 Å². The molecule has 6 nitrogen and oxygen atoms in total. The number of nitrogens with zero attached hydrogens (tertiary/aromatic N) is 3. The van der Waals surface area contributed by atoms with E-state index in [1.165, 1.54) is 0 Å². The van der Waals surface area contributed by atoms with Gasteiger partial charge in [0.2, 0.25) is 0 Å². The average Bonchev–Trinajstić information content (AvgIpc) is 3.07. The van der Waals surface area contributed by atoms with Gasteiger partial charge in [0.05, 0.1) is 0 Å². The van der Waals surface area contributed by atoms with Crippen LogP contribution in [-0.2, 0) is 16.6 Å². The molecule has 1 aliphatic carbocycles. The fraction of sp³-hybridized carbons (Fsp3) is 0.417. The molecule has 2 aliphatic rings. The van der Waals surface area contributed by atoms with Crippen molar-refractivity contribution < 1.29 is 14.4 Å². The maximum Gasteiger partial charge on any atom is 0.272 e. The molecule has 1 saturated carbocycles. The number of carbonyl (C=O) groups is 3. The summed E-state index contributed by atoms with van der Waals surface area (Å²) in [6.45, 7) is 6.53. The fourth-order valence-corrected chi connectivity index (χ4v) is 5.03. The predicted octanol–water partition coefficient (Wildman–Crippen LogP) is 2.57. The summed E-state index contributed by atoms with van der Waals surface area (Å²) in [6, 6.07) is 5.57. The Balaban J connectivity index is 1.52. The molecular weight excluding hydrogens is 378 g/mol. The number of rotatable bonds is 2. The first-order chi connectivity index (χ1) is 14.2. The van der Waals surface area contributed by atoms with Crippen LogP contribution >= 0.6 is 0 Å². The molecule has 0 N–H and O–H groups in total. The molecule has 1 spiro atoms. The summed E-state index contributed by atoms with van der Waals surface area (Å²) in [6.07, 6.45) is 2.24. The third kappa shape index (κ3) is 3.24. The molecule has 0 unspecified atom stereocenters. The zero-order valence-corrected chi connectivity index (χ0v) is 17.8. The SMILES string of the molecule is CC#Cc1cc(C)c(C2C(=O)CC3(CC2=O)CN(C(=O)c2ccnn2C)C3)c(C)c1. The Kier molecular flexibility index (Phi) is 4.85. The van der Waals surface area contributed by atoms with E-state index in [0.717, 1.165) is 22.3 Å². The first-order valence-corrected chi connectivity index (χ1v) is 10.1. The molecule has 154 valence electrons. The number of likely N-dealkylation sites (tertiary alicyclic amines) is 1. The Labute approximate surface area is 176 Å². The highest BCUT2D eigenvalue weighted by molar-refractivity contribution is 6.11. The van der Waals surface area contributed by atoms with E-state index < -0.39 is 11.3 Å². The molecule has 0 atom stereocenters. The number of hydrogen-bond acceptors (Lipinski definition) is 4. The van der Waals surface area contributed by atoms with Crippen molar-refractivity contribution in [2.75, 3.05) is 13.1 Å². The van der Waals surface area contributed by atoms with Gasteiger partial charge in [0.1, 0.15) is 23.2 Å². The van der Waals surface area contributed by atoms with E-state index in [1.54, 1.807) is 35.8 Å². The normalized spacial score (nSPS) is 18.2. The third-order valence-corrected chi connectivity index (χ3v) is 6.27. The number of hydrogen-bond donors (Lipinski definition) is 0. The molecule has 2 heterocycles. The van der Waals surface area contributed by atoms with Crippen molar-refractivity contribution in [2.45, 2.75) is 39.5 Å². The predicted molar refractivity (Wildman–Crippen MR) is 112 cm³/mol. The second kappa shape index (κ2) is 7.24. The van der Waals surface area contributed by atoms with E-state index in [1.807, 2.05) is 26.0 Å². The van der Waals surface area contributed by atoms with Gasteiger partial charge in [-0.1, -0.05) is 5.92 Å². The van der Waals surface area contributed by atoms with Crippen LogP contribution in [0.2, 0.25) is 0 Å². The molecule has 2 aromatic rings. The standard InChI is InChI=1S/C24H25N3O3/c1-5-6-17-9-15(2)21(16(3)10-17)22-19(28)11-24(12-20(22)29)13-27(14-24)23(30)18-7-8-25-26(18)4/h7-10,22H,11-14H2,1-4H3. The van der Waals surface area contributed by atoms with Crippen LogP contribution in [0.25, 0.3) is 0 Å². The summed E-state index contributed by atoms with van der Waals surface area (Å²) in [5, 5.41) is 4.04. The molecule has 1 aromatic carbocycles. The van der Waals surface area contributed by atoms with Crippen LogP contribution < -0.4 is 0 Å². The number of benzene rings is 1. The maximum absolute atomic E-state index is 13.1. The molecule has 0 bridgehead atoms. The van der Waals surface area contributed by atoms with E-state index in [4.69, 9.17) is 0 Å². The summed E-state index contributed by atoms with van der Waals surface area (Å²) >= 11 is 0. The Morgan fingerprint density at radius 1 is 1.13 bits per heavy atom. The second-order valence-electron chi connectivity index (χ2n) is 8.62. The minimum Gasteiger partial charge on any atom is -0.336 e. The van der Waals surface area contributed by atoms with Crippen molar-refractivity contribution in [3.8, 4) is 11.8 Å². The molecule has 30 heavy (non-hydrogen) atoms. The van der Waals surface area contributed by atoms with Gasteiger partial charge in [0.25, 0.3) is 5.91 Å². The number of carbonyl (C=O) groups excluding carboxylic acids is 3. The Morgan fingerprint density at radius 2 is 1.73 bits per heavy atom. The van der Waals surface area contributed by atoms with Gasteiger partial charge >= 0.3 is 0 Å². The molecular formula is C24H25N3O3. The average molecular weight is 403 g/mol. The minimum absolute atomic E-state index is 0.0422. The maximum atomic E-state index is 13.1. The molecule has 1 amide bonds. The second-order valence-corrected chi connectivity index (χ2v) is 8.62. The van der Waals surface area contributed by atoms with Gasteiger partial charge in [0.15, 0.2) is 0 Å². The van der Waals surface area contributed by atoms with Crippen LogP contribution in [0.4, 0.5) is 0 Å². The highest BCUT2D eigenvalue weighted by Crippen LogP contribution is 2.46. The van der Waals surface area contributed by atoms with Crippen LogP contribution in [0.1, 0.15) is 58.4 Å². The van der Waals surface area contributed by atoms with Crippen LogP contribution in [0.15, 0.2) is 24.4 Å². The quantitative estimate of drug-likeness (QED) is 0.571. The number of ketones is 2. The van der Waals surface area contributed by atoms with Crippen molar-refractivity contribution in [1.82, 2.24) is 14.7 Å². The van der Waals surface area contributed by atoms with Gasteiger partial charge in [0, 0.05) is 50.2 Å². The Bertz CT molecular complexity index is 1080. The molecule has 1 aliphatic heterocycles. The first kappa shape index (κ1) is 20.1. The Hall–Kier alpha value is -3.20. The van der Waals surface area contributed by atoms with E-state index in [2.05, 4.69) is 16.9 Å². The van der Waals surface area contributed by atoms with E-state index in [9.17, 15) is 14.4 Å². The fourth-order valence-electron chi connectivity index (χ4n) is 5.03. The molecule has 0 radical (unpaired) electrons. The van der Waals surface area contributed by atoms with Gasteiger partial charge in [-0.2, -0.15) is 5.10 Å². The smallest absolute Gasteiger partial charge is 0.272 e. The van der Waals surface area contributed by atoms with E-state index in [-0.39, 0.29) is 17.5 Å². The van der Waals surface area contributed by atoms with Crippen molar-refractivity contribution >= 4 is 17.5 Å². The summed E-state index contributed by atoms with van der Waals surface area (Å²) in [5.41, 5.74) is 3.66. The minimum atomic E-state index is -0.707. The summed E-state index contributed by atoms with van der Waals surface area (Å²) in [7, 11) is 1.73. The van der Waals surface area contributed by atoms with E-state index >= 15 is 0 Å². The highest BCUT2D eigenvalue weighted by atomic mass is 16.2. The van der Waals surface area contributed by atoms with Crippen LogP contribution in [0, 0.1) is 31.1 Å². The lowest BCUT2D eigenvalue weighted by Crippen LogP contribution is -2.62. The van der Waals surface area contributed by atoms with Crippen LogP contribution in [0.3, 0.4) is 0 Å². The third-order valence-electron chi connectivity index (χ3n) is 6.27. The lowest BCUT2D eigenvalue weighted by molar-refractivity contribution is -0.141. The number of Topliss-reactive ketones (excluding diaryl/α,β-unsaturated/α-hetero) is 2. The van der Waals surface area contributed by atoms with Crippen molar-refractivity contribution in [2.24, 2.45) is 12.5 Å². The lowest BCUT2D eigenvalue weighted by Gasteiger charge is -2.52. The Morgan fingerprint density at radius 3 is 2.23 bits per heavy atom. The lowest BCUT2D eigenvalue weighted by atomic mass is 9.63. The van der Waals surface area contributed by atoms with Crippen molar-refractivity contribution in [3.63, 3.8) is 0 Å². The summed E-state index contributed by atoms with van der Waals surface area (Å²) in [5.74, 6) is 5.03. The van der Waals surface area contributed by atoms with Crippen LogP contribution in [0.5, 0.6) is 0 Å². The van der Waals surface area contributed by atoms with Crippen molar-refractivity contribution in [3.05, 3.63) is 52.3 Å². The zero-order valence-electron chi connectivity index (χ0n) is 17.8. The number of aromatic nitrogens is 2. The topological polar surface area (TPSA) is 72.3 Å². The van der Waals surface area contributed by atoms with Gasteiger partial charge < -0.3 is 4.90 Å². The number of amides is 1. The van der Waals surface area contributed by atoms with Gasteiger partial charge in [-0.05, 0) is 55.7 Å². The summed E-state index contributed by atoms with van der Waals surface area (Å²) in [4.78, 5) is 40.6. The molecule has 1 saturated heterocycles. The zero-order chi connectivity index (χ0) is 21.6. The van der Waals surface area contributed by atoms with E-state index in [0.29, 0.717) is 31.6 Å². The number of aryl methyl sites for hydroxylation is 3. The molecule has 6 heteroatoms. The molecule has 4 rings (SSSR count). The van der Waals surface area contributed by atoms with Crippen molar-refractivity contribution in [1.29, 1.82) is 0 Å². The first-order valence-electron chi connectivity index (χ1n) is 10.1. The molecule has 2 fully saturated rings. The van der Waals surface area contributed by atoms with Gasteiger partial charge in [-0.15, -0.1) is 5.92 Å². The monoisotopic (exact) mass is 403 g/mol. The molecule has 1 aromatic heterocycles. The summed E-state index contributed by atoms with van der Waals surface area (Å²) < 4.78 is 1.54.